The first-order valence-electron chi connectivity index (χ1n) is 12.9. The van der Waals surface area contributed by atoms with Crippen LogP contribution in [0.2, 0.25) is 0 Å². The van der Waals surface area contributed by atoms with E-state index in [2.05, 4.69) is 10.5 Å². The van der Waals surface area contributed by atoms with E-state index in [9.17, 15) is 48.5 Å². The van der Waals surface area contributed by atoms with Crippen molar-refractivity contribution in [3.05, 3.63) is 60.2 Å². The Kier molecular flexibility index (Phi) is 14.9. The zero-order chi connectivity index (χ0) is 34.5. The maximum absolute atomic E-state index is 12.6. The number of hydrogen-bond acceptors (Lipinski definition) is 15. The molecule has 0 atom stereocenters. The molecule has 0 spiro atoms. The summed E-state index contributed by atoms with van der Waals surface area (Å²) in [6.45, 7) is 0.416. The van der Waals surface area contributed by atoms with E-state index < -0.39 is 63.5 Å². The summed E-state index contributed by atoms with van der Waals surface area (Å²) < 4.78 is 125. The van der Waals surface area contributed by atoms with Crippen molar-refractivity contribution in [2.75, 3.05) is 13.7 Å². The molecule has 0 aliphatic rings. The summed E-state index contributed by atoms with van der Waals surface area (Å²) in [5.74, 6) is -1.44. The molecule has 0 radical (unpaired) electrons. The normalized spacial score (nSPS) is 11.9. The maximum atomic E-state index is 12.6. The second-order valence-electron chi connectivity index (χ2n) is 9.77. The van der Waals surface area contributed by atoms with Crippen LogP contribution >= 0.6 is 0 Å². The van der Waals surface area contributed by atoms with Gasteiger partial charge < -0.3 is 27.9 Å². The number of hydrogen-bond donors (Lipinski definition) is 1. The zero-order valence-electron chi connectivity index (χ0n) is 26.9. The van der Waals surface area contributed by atoms with Crippen LogP contribution in [0.15, 0.2) is 74.4 Å². The average molecular weight is 773 g/mol. The van der Waals surface area contributed by atoms with Gasteiger partial charge in [0.15, 0.2) is 18.1 Å². The molecule has 1 amide bonds. The fourth-order valence-corrected chi connectivity index (χ4v) is 7.13. The Bertz CT molecular complexity index is 2440. The molecule has 0 aliphatic carbocycles. The second-order valence-corrected chi connectivity index (χ2v) is 13.8. The Morgan fingerprint density at radius 1 is 0.700 bits per heavy atom. The minimum atomic E-state index is -5.38. The van der Waals surface area contributed by atoms with Crippen LogP contribution in [0.1, 0.15) is 12.5 Å². The number of nitrogens with one attached hydrogen (secondary N) is 1. The fourth-order valence-electron chi connectivity index (χ4n) is 4.96. The number of ether oxygens (including phenoxy) is 3. The second kappa shape index (κ2) is 16.8. The van der Waals surface area contributed by atoms with Gasteiger partial charge in [-0.15, -0.1) is 0 Å². The number of nitrogens with zero attached hydrogens (tertiary/aromatic N) is 1. The van der Waals surface area contributed by atoms with Crippen LogP contribution in [0.25, 0.3) is 32.3 Å². The molecule has 0 fully saturated rings. The van der Waals surface area contributed by atoms with Gasteiger partial charge in [-0.2, -0.15) is 5.10 Å². The summed E-state index contributed by atoms with van der Waals surface area (Å²) in [4.78, 5) is 20.8. The number of benzene rings is 5. The van der Waals surface area contributed by atoms with Crippen molar-refractivity contribution < 1.29 is 151 Å². The van der Waals surface area contributed by atoms with Gasteiger partial charge in [0, 0.05) is 39.2 Å². The van der Waals surface area contributed by atoms with Crippen molar-refractivity contribution in [1.82, 2.24) is 5.43 Å². The van der Waals surface area contributed by atoms with Gasteiger partial charge >= 0.3 is 94.6 Å². The molecule has 5 rings (SSSR count). The van der Waals surface area contributed by atoms with E-state index in [1.165, 1.54) is 44.5 Å². The first kappa shape index (κ1) is 44.2. The van der Waals surface area contributed by atoms with Crippen molar-refractivity contribution >= 4 is 80.8 Å². The first-order chi connectivity index (χ1) is 21.9. The molecule has 22 heteroatoms. The van der Waals surface area contributed by atoms with Gasteiger partial charge in [0.05, 0.1) is 28.0 Å². The minimum absolute atomic E-state index is 0. The Morgan fingerprint density at radius 3 is 1.66 bits per heavy atom. The van der Waals surface area contributed by atoms with E-state index in [4.69, 9.17) is 14.2 Å². The van der Waals surface area contributed by atoms with Crippen LogP contribution in [0.3, 0.4) is 0 Å². The minimum Gasteiger partial charge on any atom is -0.744 e. The number of amides is 1. The van der Waals surface area contributed by atoms with Crippen LogP contribution in [-0.4, -0.2) is 70.7 Å². The number of methoxy groups -OCH3 is 1. The number of carbonyl (C=O) groups excluding carboxylic acids is 2. The van der Waals surface area contributed by atoms with Gasteiger partial charge in [-0.25, -0.2) is 30.7 Å². The standard InChI is InChI=1S/C28H22N2O14S3.3Na/c1-14(31)44-20-8-3-15(9-22(20)42-2)12-29-30-26(32)13-43-21-10-23(45(33,34)35)17-6-7-19-25(47(39,40)41)11-24(46(36,37)38)18-5-4-16(21)27(17)28(18)19;;;/h3-12H,13H2,1-2H3,(H,30,32)(H,33,34,35)(H,36,37,38)(H,39,40,41);;;/q;3*+1/p-3/b29-12-;;;. The van der Waals surface area contributed by atoms with Gasteiger partial charge in [-0.05, 0) is 42.0 Å². The monoisotopic (exact) mass is 772 g/mol. The number of carbonyl (C=O) groups is 2. The predicted octanol–water partition coefficient (Wildman–Crippen LogP) is -7.23. The third-order valence-electron chi connectivity index (χ3n) is 6.76. The summed E-state index contributed by atoms with van der Waals surface area (Å²) in [6.07, 6.45) is 1.22. The maximum Gasteiger partial charge on any atom is 1.00 e. The number of hydrazone groups is 1. The molecule has 0 heterocycles. The van der Waals surface area contributed by atoms with E-state index in [0.717, 1.165) is 24.3 Å². The van der Waals surface area contributed by atoms with Gasteiger partial charge in [0.1, 0.15) is 36.1 Å². The molecule has 0 unspecified atom stereocenters. The van der Waals surface area contributed by atoms with Crippen molar-refractivity contribution in [2.45, 2.75) is 21.6 Å². The molecule has 0 bridgehead atoms. The molecule has 0 aliphatic heterocycles. The van der Waals surface area contributed by atoms with Crippen molar-refractivity contribution in [1.29, 1.82) is 0 Å². The quantitative estimate of drug-likeness (QED) is 0.0263. The van der Waals surface area contributed by atoms with E-state index in [0.29, 0.717) is 11.6 Å². The molecule has 50 heavy (non-hydrogen) atoms. The van der Waals surface area contributed by atoms with Gasteiger partial charge in [0.2, 0.25) is 0 Å². The third kappa shape index (κ3) is 9.35. The predicted molar refractivity (Wildman–Crippen MR) is 160 cm³/mol. The summed E-state index contributed by atoms with van der Waals surface area (Å²) >= 11 is 0. The Balaban J connectivity index is 0.00000289. The smallest absolute Gasteiger partial charge is 0.744 e. The van der Waals surface area contributed by atoms with Crippen LogP contribution in [0.5, 0.6) is 17.2 Å². The van der Waals surface area contributed by atoms with Crippen molar-refractivity contribution in [2.24, 2.45) is 5.10 Å². The largest absolute Gasteiger partial charge is 1.00 e. The van der Waals surface area contributed by atoms with Gasteiger partial charge in [0.25, 0.3) is 5.91 Å². The van der Waals surface area contributed by atoms with Crippen LogP contribution in [0, 0.1) is 0 Å². The number of esters is 1. The molecule has 0 saturated heterocycles. The van der Waals surface area contributed by atoms with Crippen LogP contribution < -0.4 is 108 Å². The van der Waals surface area contributed by atoms with E-state index in [1.807, 2.05) is 0 Å². The average Bonchev–Trinajstić information content (AvgIpc) is 2.97. The Morgan fingerprint density at radius 2 is 1.18 bits per heavy atom. The first-order valence-corrected chi connectivity index (χ1v) is 17.1. The molecule has 1 N–H and O–H groups in total. The van der Waals surface area contributed by atoms with E-state index in [1.54, 1.807) is 0 Å². The van der Waals surface area contributed by atoms with E-state index >= 15 is 0 Å². The molecule has 5 aromatic carbocycles. The Labute approximate surface area is 351 Å². The summed E-state index contributed by atoms with van der Waals surface area (Å²) in [6, 6.07) is 10.0. The fraction of sp³-hybridized carbons (Fsp3) is 0.107. The molecule has 0 aromatic heterocycles. The van der Waals surface area contributed by atoms with Crippen molar-refractivity contribution in [3.63, 3.8) is 0 Å². The molecule has 5 aromatic rings. The van der Waals surface area contributed by atoms with Gasteiger partial charge in [-0.1, -0.05) is 18.2 Å². The molecule has 16 nitrogen and oxygen atoms in total. The zero-order valence-corrected chi connectivity index (χ0v) is 35.3. The molecule has 246 valence electrons. The summed E-state index contributed by atoms with van der Waals surface area (Å²) in [5, 5.41) is 2.24. The summed E-state index contributed by atoms with van der Waals surface area (Å²) in [7, 11) is -14.7. The summed E-state index contributed by atoms with van der Waals surface area (Å²) in [5.41, 5.74) is 2.60. The Hall–Kier alpha value is -1.92. The van der Waals surface area contributed by atoms with Crippen LogP contribution in [-0.2, 0) is 39.9 Å². The molecular formula is C28H19N2Na3O14S3. The van der Waals surface area contributed by atoms with E-state index in [-0.39, 0.29) is 138 Å². The molecule has 0 saturated carbocycles. The van der Waals surface area contributed by atoms with Crippen molar-refractivity contribution in [3.8, 4) is 17.2 Å². The number of rotatable bonds is 10. The molecular weight excluding hydrogens is 753 g/mol. The van der Waals surface area contributed by atoms with Crippen LogP contribution in [0.4, 0.5) is 0 Å². The van der Waals surface area contributed by atoms with Gasteiger partial charge in [-0.3, -0.25) is 9.59 Å². The third-order valence-corrected chi connectivity index (χ3v) is 9.39. The SMILES string of the molecule is COc1cc(/C=N\NC(=O)COc2cc(S(=O)(=O)[O-])c3ccc4c(S(=O)(=O)[O-])cc(S(=O)(=O)[O-])c5ccc2c3c54)ccc1OC(C)=O.[Na+].[Na+].[Na+]. The topological polar surface area (TPSA) is 258 Å².